The maximum Gasteiger partial charge on any atom is 0.235 e. The molecule has 1 amide bonds. The maximum absolute atomic E-state index is 11.9. The van der Waals surface area contributed by atoms with Crippen molar-refractivity contribution in [2.24, 2.45) is 5.73 Å². The molecule has 0 aliphatic carbocycles. The van der Waals surface area contributed by atoms with E-state index in [0.717, 1.165) is 5.56 Å². The van der Waals surface area contributed by atoms with Crippen LogP contribution in [0.25, 0.3) is 11.3 Å². The monoisotopic (exact) mass is 367 g/mol. The molecule has 3 aromatic rings. The third-order valence-electron chi connectivity index (χ3n) is 4.69. The minimum Gasteiger partial charge on any atom is -0.439 e. The Labute approximate surface area is 156 Å². The summed E-state index contributed by atoms with van der Waals surface area (Å²) in [6.07, 6.45) is 2.30. The van der Waals surface area contributed by atoms with E-state index in [9.17, 15) is 4.79 Å². The molecular formula is C20H18ClN3O2. The Balaban J connectivity index is 1.56. The van der Waals surface area contributed by atoms with Crippen molar-refractivity contribution >= 4 is 17.5 Å². The Morgan fingerprint density at radius 3 is 2.65 bits per heavy atom. The predicted molar refractivity (Wildman–Crippen MR) is 99.3 cm³/mol. The molecule has 6 heteroatoms. The molecule has 0 radical (unpaired) electrons. The van der Waals surface area contributed by atoms with Crippen LogP contribution in [0.15, 0.2) is 59.1 Å². The van der Waals surface area contributed by atoms with Crippen molar-refractivity contribution in [1.29, 1.82) is 0 Å². The molecule has 26 heavy (non-hydrogen) atoms. The SMILES string of the molecule is NC(=O)[C@@H]1Cc2ccccc2CN1Cc1ncc(-c2ccc(Cl)cc2)o1. The number of amides is 1. The van der Waals surface area contributed by atoms with E-state index in [-0.39, 0.29) is 11.9 Å². The first-order valence-corrected chi connectivity index (χ1v) is 8.79. The van der Waals surface area contributed by atoms with Crippen molar-refractivity contribution in [3.8, 4) is 11.3 Å². The van der Waals surface area contributed by atoms with E-state index in [1.54, 1.807) is 6.20 Å². The molecule has 1 aromatic heterocycles. The molecule has 132 valence electrons. The third-order valence-corrected chi connectivity index (χ3v) is 4.95. The molecule has 0 saturated heterocycles. The topological polar surface area (TPSA) is 72.4 Å². The van der Waals surface area contributed by atoms with Crippen LogP contribution < -0.4 is 5.73 Å². The molecule has 0 fully saturated rings. The standard InChI is InChI=1S/C20H18ClN3O2/c21-16-7-5-13(6-8-16)18-10-23-19(26-18)12-24-11-15-4-2-1-3-14(15)9-17(24)20(22)25/h1-8,10,17H,9,11-12H2,(H2,22,25)/t17-/m0/s1. The summed E-state index contributed by atoms with van der Waals surface area (Å²) in [5.41, 5.74) is 8.91. The summed E-state index contributed by atoms with van der Waals surface area (Å²) in [6.45, 7) is 1.07. The van der Waals surface area contributed by atoms with Gasteiger partial charge in [-0.1, -0.05) is 35.9 Å². The fraction of sp³-hybridized carbons (Fsp3) is 0.200. The molecule has 2 heterocycles. The van der Waals surface area contributed by atoms with Crippen molar-refractivity contribution in [3.63, 3.8) is 0 Å². The summed E-state index contributed by atoms with van der Waals surface area (Å²) in [7, 11) is 0. The Hall–Kier alpha value is -2.63. The van der Waals surface area contributed by atoms with Gasteiger partial charge < -0.3 is 10.2 Å². The van der Waals surface area contributed by atoms with Gasteiger partial charge in [0.05, 0.1) is 18.8 Å². The molecule has 2 aromatic carbocycles. The number of hydrogen-bond donors (Lipinski definition) is 1. The zero-order valence-electron chi connectivity index (χ0n) is 14.1. The lowest BCUT2D eigenvalue weighted by atomic mass is 9.93. The molecule has 4 rings (SSSR count). The molecule has 5 nitrogen and oxygen atoms in total. The second-order valence-corrected chi connectivity index (χ2v) is 6.86. The zero-order chi connectivity index (χ0) is 18.1. The first-order chi connectivity index (χ1) is 12.6. The van der Waals surface area contributed by atoms with E-state index in [1.807, 2.05) is 47.4 Å². The van der Waals surface area contributed by atoms with E-state index < -0.39 is 0 Å². The summed E-state index contributed by atoms with van der Waals surface area (Å²) in [6, 6.07) is 15.1. The number of nitrogens with two attached hydrogens (primary N) is 1. The van der Waals surface area contributed by atoms with Gasteiger partial charge in [0.25, 0.3) is 0 Å². The number of rotatable bonds is 4. The van der Waals surface area contributed by atoms with Crippen molar-refractivity contribution < 1.29 is 9.21 Å². The van der Waals surface area contributed by atoms with Crippen molar-refractivity contribution in [2.75, 3.05) is 0 Å². The summed E-state index contributed by atoms with van der Waals surface area (Å²) in [5.74, 6) is 0.897. The fourth-order valence-corrected chi connectivity index (χ4v) is 3.45. The predicted octanol–water partition coefficient (Wildman–Crippen LogP) is 3.41. The summed E-state index contributed by atoms with van der Waals surface area (Å²) >= 11 is 5.92. The van der Waals surface area contributed by atoms with Crippen molar-refractivity contribution in [3.05, 3.63) is 76.8 Å². The Morgan fingerprint density at radius 1 is 1.19 bits per heavy atom. The molecule has 1 aliphatic heterocycles. The van der Waals surface area contributed by atoms with Gasteiger partial charge in [0, 0.05) is 17.1 Å². The summed E-state index contributed by atoms with van der Waals surface area (Å²) in [4.78, 5) is 18.3. The first-order valence-electron chi connectivity index (χ1n) is 8.41. The van der Waals surface area contributed by atoms with Crippen molar-refractivity contribution in [1.82, 2.24) is 9.88 Å². The van der Waals surface area contributed by atoms with E-state index in [1.165, 1.54) is 11.1 Å². The van der Waals surface area contributed by atoms with Gasteiger partial charge in [-0.05, 0) is 41.8 Å². The minimum atomic E-state index is -0.365. The van der Waals surface area contributed by atoms with Crippen LogP contribution in [0.1, 0.15) is 17.0 Å². The van der Waals surface area contributed by atoms with Gasteiger partial charge in [-0.15, -0.1) is 0 Å². The number of nitrogens with zero attached hydrogens (tertiary/aromatic N) is 2. The molecule has 0 unspecified atom stereocenters. The largest absolute Gasteiger partial charge is 0.439 e. The fourth-order valence-electron chi connectivity index (χ4n) is 3.33. The highest BCUT2D eigenvalue weighted by atomic mass is 35.5. The van der Waals surface area contributed by atoms with E-state index in [0.29, 0.717) is 36.2 Å². The second-order valence-electron chi connectivity index (χ2n) is 6.42. The van der Waals surface area contributed by atoms with E-state index in [2.05, 4.69) is 11.1 Å². The summed E-state index contributed by atoms with van der Waals surface area (Å²) < 4.78 is 5.88. The average Bonchev–Trinajstić information content (AvgIpc) is 3.10. The van der Waals surface area contributed by atoms with Crippen LogP contribution in [0.4, 0.5) is 0 Å². The van der Waals surface area contributed by atoms with Crippen LogP contribution >= 0.6 is 11.6 Å². The van der Waals surface area contributed by atoms with Crippen molar-refractivity contribution in [2.45, 2.75) is 25.6 Å². The van der Waals surface area contributed by atoms with Gasteiger partial charge in [0.2, 0.25) is 11.8 Å². The molecule has 1 aliphatic rings. The Bertz CT molecular complexity index is 936. The first kappa shape index (κ1) is 16.8. The maximum atomic E-state index is 11.9. The molecular weight excluding hydrogens is 350 g/mol. The molecule has 0 bridgehead atoms. The second kappa shape index (κ2) is 6.94. The average molecular weight is 368 g/mol. The number of halogens is 1. The quantitative estimate of drug-likeness (QED) is 0.767. The van der Waals surface area contributed by atoms with Gasteiger partial charge in [-0.25, -0.2) is 4.98 Å². The number of fused-ring (bicyclic) bond motifs is 1. The van der Waals surface area contributed by atoms with Gasteiger partial charge in [0.15, 0.2) is 5.76 Å². The highest BCUT2D eigenvalue weighted by Gasteiger charge is 2.30. The lowest BCUT2D eigenvalue weighted by molar-refractivity contribution is -0.124. The van der Waals surface area contributed by atoms with Crippen LogP contribution in [-0.4, -0.2) is 21.8 Å². The summed E-state index contributed by atoms with van der Waals surface area (Å²) in [5, 5.41) is 0.671. The van der Waals surface area contributed by atoms with Gasteiger partial charge in [-0.3, -0.25) is 9.69 Å². The number of oxazole rings is 1. The zero-order valence-corrected chi connectivity index (χ0v) is 14.8. The van der Waals surface area contributed by atoms with Gasteiger partial charge in [-0.2, -0.15) is 0 Å². The van der Waals surface area contributed by atoms with Crippen LogP contribution in [0.3, 0.4) is 0 Å². The minimum absolute atomic E-state index is 0.330. The number of primary amides is 1. The molecule has 0 spiro atoms. The van der Waals surface area contributed by atoms with Crippen LogP contribution in [0.2, 0.25) is 5.02 Å². The van der Waals surface area contributed by atoms with E-state index >= 15 is 0 Å². The van der Waals surface area contributed by atoms with Gasteiger partial charge in [0.1, 0.15) is 0 Å². The smallest absolute Gasteiger partial charge is 0.235 e. The Kier molecular flexibility index (Phi) is 4.49. The lowest BCUT2D eigenvalue weighted by Gasteiger charge is -2.34. The normalized spacial score (nSPS) is 17.0. The molecule has 1 atom stereocenters. The van der Waals surface area contributed by atoms with Crippen LogP contribution in [-0.2, 0) is 24.3 Å². The van der Waals surface area contributed by atoms with Gasteiger partial charge >= 0.3 is 0 Å². The number of benzene rings is 2. The highest BCUT2D eigenvalue weighted by molar-refractivity contribution is 6.30. The number of hydrogen-bond acceptors (Lipinski definition) is 4. The number of carbonyl (C=O) groups is 1. The Morgan fingerprint density at radius 2 is 1.92 bits per heavy atom. The lowest BCUT2D eigenvalue weighted by Crippen LogP contribution is -2.48. The van der Waals surface area contributed by atoms with Crippen LogP contribution in [0.5, 0.6) is 0 Å². The van der Waals surface area contributed by atoms with Crippen LogP contribution in [0, 0.1) is 0 Å². The molecule has 2 N–H and O–H groups in total. The van der Waals surface area contributed by atoms with E-state index in [4.69, 9.17) is 21.8 Å². The number of carbonyl (C=O) groups excluding carboxylic acids is 1. The highest BCUT2D eigenvalue weighted by Crippen LogP contribution is 2.27. The third kappa shape index (κ3) is 3.36. The number of aromatic nitrogens is 1. The molecule has 0 saturated carbocycles.